The first-order valence-electron chi connectivity index (χ1n) is 13.6. The predicted molar refractivity (Wildman–Crippen MR) is 154 cm³/mol. The van der Waals surface area contributed by atoms with Gasteiger partial charge in [0.15, 0.2) is 0 Å². The average molecular weight is 461 g/mol. The van der Waals surface area contributed by atoms with Crippen LogP contribution in [0.25, 0.3) is 33.4 Å². The summed E-state index contributed by atoms with van der Waals surface area (Å²) in [5.41, 5.74) is 12.2. The fourth-order valence-corrected chi connectivity index (χ4v) is 4.86. The summed E-state index contributed by atoms with van der Waals surface area (Å²) < 4.78 is 0. The summed E-state index contributed by atoms with van der Waals surface area (Å²) >= 11 is 0. The highest BCUT2D eigenvalue weighted by atomic mass is 14.1. The Morgan fingerprint density at radius 1 is 0.400 bits per heavy atom. The quantitative estimate of drug-likeness (QED) is 0.209. The molecule has 0 amide bonds. The first-order chi connectivity index (χ1) is 17.2. The van der Waals surface area contributed by atoms with Crippen molar-refractivity contribution in [3.8, 4) is 33.4 Å². The molecule has 0 heteroatoms. The van der Waals surface area contributed by atoms with Gasteiger partial charge in [-0.05, 0) is 82.2 Å². The topological polar surface area (TPSA) is 0 Å². The van der Waals surface area contributed by atoms with Gasteiger partial charge >= 0.3 is 0 Å². The van der Waals surface area contributed by atoms with E-state index >= 15 is 0 Å². The molecule has 0 radical (unpaired) electrons. The van der Waals surface area contributed by atoms with E-state index in [1.54, 1.807) is 0 Å². The third-order valence-electron chi connectivity index (χ3n) is 7.03. The van der Waals surface area contributed by atoms with Gasteiger partial charge in [-0.1, -0.05) is 131 Å². The second-order valence-electron chi connectivity index (χ2n) is 9.80. The van der Waals surface area contributed by atoms with Crippen LogP contribution in [0.15, 0.2) is 91.0 Å². The van der Waals surface area contributed by atoms with E-state index in [0.29, 0.717) is 0 Å². The van der Waals surface area contributed by atoms with E-state index in [9.17, 15) is 0 Å². The van der Waals surface area contributed by atoms with E-state index in [2.05, 4.69) is 112 Å². The smallest absolute Gasteiger partial charge is 0.0151 e. The lowest BCUT2D eigenvalue weighted by molar-refractivity contribution is 0.795. The molecule has 0 N–H and O–H groups in total. The van der Waals surface area contributed by atoms with E-state index in [0.717, 1.165) is 12.8 Å². The molecule has 0 saturated carbocycles. The van der Waals surface area contributed by atoms with Crippen LogP contribution in [-0.4, -0.2) is 0 Å². The van der Waals surface area contributed by atoms with Gasteiger partial charge in [0.05, 0.1) is 0 Å². The van der Waals surface area contributed by atoms with Gasteiger partial charge < -0.3 is 0 Å². The summed E-state index contributed by atoms with van der Waals surface area (Å²) in [5, 5.41) is 0. The molecule has 0 saturated heterocycles. The maximum atomic E-state index is 2.41. The maximum absolute atomic E-state index is 2.41. The van der Waals surface area contributed by atoms with Crippen molar-refractivity contribution in [2.24, 2.45) is 0 Å². The van der Waals surface area contributed by atoms with Gasteiger partial charge in [-0.25, -0.2) is 0 Å². The van der Waals surface area contributed by atoms with E-state index in [1.807, 2.05) is 0 Å². The van der Waals surface area contributed by atoms with Crippen molar-refractivity contribution >= 4 is 0 Å². The Hall–Kier alpha value is -3.12. The minimum Gasteiger partial charge on any atom is -0.0654 e. The molecule has 4 rings (SSSR count). The van der Waals surface area contributed by atoms with Crippen LogP contribution in [0.4, 0.5) is 0 Å². The Bertz CT molecular complexity index is 1180. The summed E-state index contributed by atoms with van der Waals surface area (Å²) in [5.74, 6) is 0. The number of aryl methyl sites for hydroxylation is 3. The van der Waals surface area contributed by atoms with Gasteiger partial charge in [-0.2, -0.15) is 0 Å². The van der Waals surface area contributed by atoms with E-state index in [-0.39, 0.29) is 0 Å². The Kier molecular flexibility index (Phi) is 8.96. The fourth-order valence-electron chi connectivity index (χ4n) is 4.86. The third-order valence-corrected chi connectivity index (χ3v) is 7.03. The van der Waals surface area contributed by atoms with Gasteiger partial charge in [-0.3, -0.25) is 0 Å². The number of benzene rings is 4. The van der Waals surface area contributed by atoms with Crippen LogP contribution in [0.5, 0.6) is 0 Å². The predicted octanol–water partition coefficient (Wildman–Crippen LogP) is 10.3. The Morgan fingerprint density at radius 2 is 0.829 bits per heavy atom. The van der Waals surface area contributed by atoms with Crippen LogP contribution in [0, 0.1) is 0 Å². The van der Waals surface area contributed by atoms with Crippen molar-refractivity contribution in [2.75, 3.05) is 0 Å². The van der Waals surface area contributed by atoms with Crippen molar-refractivity contribution < 1.29 is 0 Å². The number of hydrogen-bond donors (Lipinski definition) is 0. The molecular formula is C35H40. The second kappa shape index (κ2) is 12.5. The zero-order valence-electron chi connectivity index (χ0n) is 21.8. The third kappa shape index (κ3) is 6.51. The van der Waals surface area contributed by atoms with Crippen LogP contribution < -0.4 is 0 Å². The van der Waals surface area contributed by atoms with Crippen LogP contribution in [0.2, 0.25) is 0 Å². The van der Waals surface area contributed by atoms with Gasteiger partial charge in [0.25, 0.3) is 0 Å². The lowest BCUT2D eigenvalue weighted by Gasteiger charge is -2.13. The van der Waals surface area contributed by atoms with E-state index in [4.69, 9.17) is 0 Å². The molecule has 0 atom stereocenters. The molecule has 0 unspecified atom stereocenters. The van der Waals surface area contributed by atoms with Crippen LogP contribution in [0.3, 0.4) is 0 Å². The molecule has 0 aromatic heterocycles. The van der Waals surface area contributed by atoms with Gasteiger partial charge in [0.2, 0.25) is 0 Å². The van der Waals surface area contributed by atoms with Gasteiger partial charge in [-0.15, -0.1) is 0 Å². The molecule has 35 heavy (non-hydrogen) atoms. The summed E-state index contributed by atoms with van der Waals surface area (Å²) in [6.07, 6.45) is 9.61. The fraction of sp³-hybridized carbons (Fsp3) is 0.314. The molecule has 0 aliphatic heterocycles. The SMILES string of the molecule is CCCCc1ccc(-c2ccc(-c3ccc(-c4ccc(CCCC)cc4)cc3CCC)cc2)cc1. The number of rotatable bonds is 11. The summed E-state index contributed by atoms with van der Waals surface area (Å²) in [6.45, 7) is 6.78. The summed E-state index contributed by atoms with van der Waals surface area (Å²) in [6, 6.07) is 34.4. The highest BCUT2D eigenvalue weighted by molar-refractivity contribution is 5.76. The minimum absolute atomic E-state index is 1.10. The van der Waals surface area contributed by atoms with Crippen molar-refractivity contribution in [1.29, 1.82) is 0 Å². The monoisotopic (exact) mass is 460 g/mol. The van der Waals surface area contributed by atoms with Crippen LogP contribution >= 0.6 is 0 Å². The first kappa shape index (κ1) is 25.0. The van der Waals surface area contributed by atoms with Crippen molar-refractivity contribution in [1.82, 2.24) is 0 Å². The van der Waals surface area contributed by atoms with Gasteiger partial charge in [0.1, 0.15) is 0 Å². The summed E-state index contributed by atoms with van der Waals surface area (Å²) in [4.78, 5) is 0. The van der Waals surface area contributed by atoms with Crippen molar-refractivity contribution in [3.05, 3.63) is 108 Å². The molecule has 0 spiro atoms. The molecule has 4 aromatic carbocycles. The maximum Gasteiger partial charge on any atom is -0.0151 e. The molecular weight excluding hydrogens is 420 g/mol. The zero-order chi connectivity index (χ0) is 24.5. The molecule has 0 aliphatic carbocycles. The number of hydrogen-bond acceptors (Lipinski definition) is 0. The minimum atomic E-state index is 1.10. The average Bonchev–Trinajstić information content (AvgIpc) is 2.92. The highest BCUT2D eigenvalue weighted by Crippen LogP contribution is 2.32. The highest BCUT2D eigenvalue weighted by Gasteiger charge is 2.09. The first-order valence-corrected chi connectivity index (χ1v) is 13.6. The molecule has 4 aromatic rings. The summed E-state index contributed by atoms with van der Waals surface area (Å²) in [7, 11) is 0. The van der Waals surface area contributed by atoms with Crippen molar-refractivity contribution in [2.45, 2.75) is 72.1 Å². The molecule has 0 aliphatic rings. The van der Waals surface area contributed by atoms with E-state index in [1.165, 1.54) is 88.6 Å². The standard InChI is InChI=1S/C35H40/c1-4-7-10-27-12-16-29(17-13-27)30-20-22-32(23-21-30)35-25-24-33(26-34(35)9-6-3)31-18-14-28(15-19-31)11-8-5-2/h12-26H,4-11H2,1-3H3. The molecule has 0 bridgehead atoms. The molecule has 0 nitrogen and oxygen atoms in total. The van der Waals surface area contributed by atoms with Crippen LogP contribution in [0.1, 0.15) is 69.6 Å². The molecule has 180 valence electrons. The zero-order valence-corrected chi connectivity index (χ0v) is 21.8. The lowest BCUT2D eigenvalue weighted by atomic mass is 9.91. The van der Waals surface area contributed by atoms with Crippen molar-refractivity contribution in [3.63, 3.8) is 0 Å². The Morgan fingerprint density at radius 3 is 1.31 bits per heavy atom. The van der Waals surface area contributed by atoms with Crippen LogP contribution in [-0.2, 0) is 19.3 Å². The lowest BCUT2D eigenvalue weighted by Crippen LogP contribution is -1.92. The second-order valence-corrected chi connectivity index (χ2v) is 9.80. The Labute approximate surface area is 213 Å². The number of unbranched alkanes of at least 4 members (excludes halogenated alkanes) is 2. The largest absolute Gasteiger partial charge is 0.0654 e. The normalized spacial score (nSPS) is 11.1. The molecule has 0 heterocycles. The van der Waals surface area contributed by atoms with E-state index < -0.39 is 0 Å². The van der Waals surface area contributed by atoms with Gasteiger partial charge in [0, 0.05) is 0 Å². The Balaban J connectivity index is 1.55. The molecule has 0 fully saturated rings.